The summed E-state index contributed by atoms with van der Waals surface area (Å²) in [5.74, 6) is 0.0810. The van der Waals surface area contributed by atoms with Gasteiger partial charge in [-0.25, -0.2) is 0 Å². The summed E-state index contributed by atoms with van der Waals surface area (Å²) in [5, 5.41) is 0.0116. The van der Waals surface area contributed by atoms with E-state index in [1.807, 2.05) is 20.8 Å². The van der Waals surface area contributed by atoms with Crippen molar-refractivity contribution in [3.8, 4) is 0 Å². The molecule has 0 aliphatic carbocycles. The van der Waals surface area contributed by atoms with Crippen LogP contribution in [0.4, 0.5) is 0 Å². The van der Waals surface area contributed by atoms with E-state index in [2.05, 4.69) is 12.6 Å². The van der Waals surface area contributed by atoms with Gasteiger partial charge < -0.3 is 4.90 Å². The molecule has 0 fully saturated rings. The monoisotopic (exact) mass is 161 g/mol. The zero-order valence-electron chi connectivity index (χ0n) is 6.96. The molecule has 0 aromatic heterocycles. The van der Waals surface area contributed by atoms with Gasteiger partial charge in [-0.3, -0.25) is 4.79 Å². The average molecular weight is 161 g/mol. The molecule has 2 nitrogen and oxygen atoms in total. The van der Waals surface area contributed by atoms with Crippen molar-refractivity contribution in [3.63, 3.8) is 0 Å². The van der Waals surface area contributed by atoms with E-state index in [4.69, 9.17) is 0 Å². The maximum atomic E-state index is 10.9. The van der Waals surface area contributed by atoms with Crippen molar-refractivity contribution in [1.82, 2.24) is 4.90 Å². The van der Waals surface area contributed by atoms with Crippen LogP contribution in [0.2, 0.25) is 0 Å². The SMILES string of the molecule is CC(=O)N(C(C)C)C(C)S. The Balaban J connectivity index is 4.12. The Kier molecular flexibility index (Phi) is 3.79. The van der Waals surface area contributed by atoms with Crippen molar-refractivity contribution in [2.24, 2.45) is 0 Å². The predicted octanol–water partition coefficient (Wildman–Crippen LogP) is 1.52. The summed E-state index contributed by atoms with van der Waals surface area (Å²) in [4.78, 5) is 12.6. The second-order valence-corrected chi connectivity index (χ2v) is 3.40. The standard InChI is InChI=1S/C7H15NOS/c1-5(2)8(6(3)9)7(4)10/h5,7,10H,1-4H3. The van der Waals surface area contributed by atoms with Gasteiger partial charge in [-0.05, 0) is 20.8 Å². The topological polar surface area (TPSA) is 20.3 Å². The molecule has 60 valence electrons. The van der Waals surface area contributed by atoms with Gasteiger partial charge in [-0.15, -0.1) is 0 Å². The Labute approximate surface area is 68.0 Å². The number of hydrogen-bond donors (Lipinski definition) is 1. The van der Waals surface area contributed by atoms with Gasteiger partial charge in [-0.1, -0.05) is 0 Å². The minimum Gasteiger partial charge on any atom is -0.329 e. The lowest BCUT2D eigenvalue weighted by molar-refractivity contribution is -0.130. The molecule has 0 radical (unpaired) electrons. The molecule has 0 spiro atoms. The van der Waals surface area contributed by atoms with Crippen LogP contribution in [0.15, 0.2) is 0 Å². The number of amides is 1. The van der Waals surface area contributed by atoms with Crippen LogP contribution < -0.4 is 0 Å². The van der Waals surface area contributed by atoms with Crippen LogP contribution in [0.1, 0.15) is 27.7 Å². The fourth-order valence-corrected chi connectivity index (χ4v) is 1.49. The molecule has 10 heavy (non-hydrogen) atoms. The van der Waals surface area contributed by atoms with Crippen LogP contribution in [0.25, 0.3) is 0 Å². The molecule has 0 aromatic rings. The van der Waals surface area contributed by atoms with Crippen molar-refractivity contribution >= 4 is 18.5 Å². The number of carbonyl (C=O) groups is 1. The summed E-state index contributed by atoms with van der Waals surface area (Å²) in [6, 6.07) is 0.241. The number of hydrogen-bond acceptors (Lipinski definition) is 2. The molecule has 0 aromatic carbocycles. The van der Waals surface area contributed by atoms with E-state index in [1.54, 1.807) is 11.8 Å². The van der Waals surface area contributed by atoms with Crippen molar-refractivity contribution in [2.45, 2.75) is 39.1 Å². The molecular formula is C7H15NOS. The first-order chi connectivity index (χ1) is 4.46. The van der Waals surface area contributed by atoms with Crippen molar-refractivity contribution in [1.29, 1.82) is 0 Å². The van der Waals surface area contributed by atoms with E-state index in [-0.39, 0.29) is 17.3 Å². The van der Waals surface area contributed by atoms with Crippen LogP contribution in [-0.2, 0) is 4.79 Å². The molecule has 1 atom stereocenters. The lowest BCUT2D eigenvalue weighted by atomic mass is 10.3. The third-order valence-corrected chi connectivity index (χ3v) is 1.57. The summed E-state index contributed by atoms with van der Waals surface area (Å²) in [7, 11) is 0. The quantitative estimate of drug-likeness (QED) is 0.481. The van der Waals surface area contributed by atoms with Gasteiger partial charge in [0, 0.05) is 13.0 Å². The highest BCUT2D eigenvalue weighted by molar-refractivity contribution is 7.80. The number of thiol groups is 1. The van der Waals surface area contributed by atoms with E-state index in [0.717, 1.165) is 0 Å². The van der Waals surface area contributed by atoms with Crippen LogP contribution in [0.3, 0.4) is 0 Å². The molecule has 0 aliphatic rings. The first-order valence-electron chi connectivity index (χ1n) is 3.43. The first kappa shape index (κ1) is 9.82. The fourth-order valence-electron chi connectivity index (χ4n) is 1.06. The van der Waals surface area contributed by atoms with E-state index >= 15 is 0 Å². The van der Waals surface area contributed by atoms with Crippen LogP contribution in [0, 0.1) is 0 Å². The largest absolute Gasteiger partial charge is 0.329 e. The Morgan fingerprint density at radius 1 is 1.40 bits per heavy atom. The third kappa shape index (κ3) is 2.60. The molecule has 1 unspecified atom stereocenters. The van der Waals surface area contributed by atoms with E-state index < -0.39 is 0 Å². The highest BCUT2D eigenvalue weighted by atomic mass is 32.1. The van der Waals surface area contributed by atoms with E-state index in [1.165, 1.54) is 0 Å². The normalized spacial score (nSPS) is 13.4. The summed E-state index contributed by atoms with van der Waals surface area (Å²) < 4.78 is 0. The molecule has 0 bridgehead atoms. The van der Waals surface area contributed by atoms with Crippen molar-refractivity contribution in [3.05, 3.63) is 0 Å². The van der Waals surface area contributed by atoms with Gasteiger partial charge >= 0.3 is 0 Å². The zero-order chi connectivity index (χ0) is 8.31. The molecule has 0 rings (SSSR count). The summed E-state index contributed by atoms with van der Waals surface area (Å²) in [6.07, 6.45) is 0. The minimum atomic E-state index is 0.0116. The average Bonchev–Trinajstić information content (AvgIpc) is 1.59. The Bertz CT molecular complexity index is 115. The van der Waals surface area contributed by atoms with Gasteiger partial charge in [0.25, 0.3) is 0 Å². The minimum absolute atomic E-state index is 0.0116. The number of rotatable bonds is 2. The Morgan fingerprint density at radius 2 is 1.80 bits per heavy atom. The maximum absolute atomic E-state index is 10.9. The van der Waals surface area contributed by atoms with Gasteiger partial charge in [-0.2, -0.15) is 12.6 Å². The number of carbonyl (C=O) groups excluding carboxylic acids is 1. The molecular weight excluding hydrogens is 146 g/mol. The molecule has 0 heterocycles. The smallest absolute Gasteiger partial charge is 0.220 e. The Hall–Kier alpha value is -0.180. The zero-order valence-corrected chi connectivity index (χ0v) is 7.85. The lowest BCUT2D eigenvalue weighted by Gasteiger charge is -2.28. The van der Waals surface area contributed by atoms with Gasteiger partial charge in [0.15, 0.2) is 0 Å². The van der Waals surface area contributed by atoms with Gasteiger partial charge in [0.2, 0.25) is 5.91 Å². The molecule has 0 saturated carbocycles. The van der Waals surface area contributed by atoms with Gasteiger partial charge in [0.1, 0.15) is 0 Å². The van der Waals surface area contributed by atoms with Crippen molar-refractivity contribution < 1.29 is 4.79 Å². The van der Waals surface area contributed by atoms with Crippen molar-refractivity contribution in [2.75, 3.05) is 0 Å². The molecule has 1 amide bonds. The first-order valence-corrected chi connectivity index (χ1v) is 3.95. The summed E-state index contributed by atoms with van der Waals surface area (Å²) in [5.41, 5.74) is 0. The number of nitrogens with zero attached hydrogens (tertiary/aromatic N) is 1. The lowest BCUT2D eigenvalue weighted by Crippen LogP contribution is -2.39. The maximum Gasteiger partial charge on any atom is 0.220 e. The van der Waals surface area contributed by atoms with Crippen LogP contribution >= 0.6 is 12.6 Å². The van der Waals surface area contributed by atoms with Gasteiger partial charge in [0.05, 0.1) is 5.37 Å². The molecule has 3 heteroatoms. The second kappa shape index (κ2) is 3.86. The predicted molar refractivity (Wildman–Crippen MR) is 46.1 cm³/mol. The highest BCUT2D eigenvalue weighted by Crippen LogP contribution is 2.07. The van der Waals surface area contributed by atoms with Crippen LogP contribution in [-0.4, -0.2) is 22.2 Å². The second-order valence-electron chi connectivity index (χ2n) is 2.65. The Morgan fingerprint density at radius 3 is 1.80 bits per heavy atom. The summed E-state index contributed by atoms with van der Waals surface area (Å²) in [6.45, 7) is 7.42. The summed E-state index contributed by atoms with van der Waals surface area (Å²) >= 11 is 4.18. The van der Waals surface area contributed by atoms with E-state index in [9.17, 15) is 4.79 Å². The fraction of sp³-hybridized carbons (Fsp3) is 0.857. The highest BCUT2D eigenvalue weighted by Gasteiger charge is 2.15. The molecule has 0 N–H and O–H groups in total. The van der Waals surface area contributed by atoms with Crippen LogP contribution in [0.5, 0.6) is 0 Å². The molecule has 0 saturated heterocycles. The third-order valence-electron chi connectivity index (χ3n) is 1.32. The van der Waals surface area contributed by atoms with E-state index in [0.29, 0.717) is 0 Å². The molecule has 0 aliphatic heterocycles.